The molecule has 0 amide bonds. The smallest absolute Gasteiger partial charge is 0.191 e. The van der Waals surface area contributed by atoms with Crippen LogP contribution in [0.5, 0.6) is 11.5 Å². The van der Waals surface area contributed by atoms with Crippen LogP contribution in [0.25, 0.3) is 0 Å². The maximum absolute atomic E-state index is 13.4. The fourth-order valence-electron chi connectivity index (χ4n) is 3.72. The standard InChI is InChI=1S/C23H31FN4O3.HI/c1-25-23(26-15-18-5-4-6-21(29-2)22(18)30-3)27-16-20(28-11-13-31-14-12-28)17-7-9-19(24)10-8-17;/h4-10,20H,11-16H2,1-3H3,(H2,25,26,27);1H. The quantitative estimate of drug-likeness (QED) is 0.295. The highest BCUT2D eigenvalue weighted by Gasteiger charge is 2.23. The third kappa shape index (κ3) is 6.94. The molecule has 0 spiro atoms. The van der Waals surface area contributed by atoms with Crippen LogP contribution in [-0.4, -0.2) is 65.0 Å². The molecule has 1 aliphatic heterocycles. The van der Waals surface area contributed by atoms with Gasteiger partial charge in [0, 0.05) is 38.8 Å². The highest BCUT2D eigenvalue weighted by molar-refractivity contribution is 14.0. The van der Waals surface area contributed by atoms with Gasteiger partial charge in [0.1, 0.15) is 5.82 Å². The lowest BCUT2D eigenvalue weighted by molar-refractivity contribution is 0.0170. The van der Waals surface area contributed by atoms with Crippen LogP contribution in [0.1, 0.15) is 17.2 Å². The molecule has 32 heavy (non-hydrogen) atoms. The van der Waals surface area contributed by atoms with Crippen LogP contribution in [-0.2, 0) is 11.3 Å². The number of hydrogen-bond donors (Lipinski definition) is 2. The summed E-state index contributed by atoms with van der Waals surface area (Å²) < 4.78 is 29.8. The molecule has 1 saturated heterocycles. The maximum Gasteiger partial charge on any atom is 0.191 e. The zero-order valence-electron chi connectivity index (χ0n) is 18.8. The molecule has 1 heterocycles. The molecule has 0 saturated carbocycles. The number of benzene rings is 2. The Kier molecular flexibility index (Phi) is 11.0. The molecule has 2 aromatic rings. The van der Waals surface area contributed by atoms with Crippen LogP contribution in [0.4, 0.5) is 4.39 Å². The van der Waals surface area contributed by atoms with Crippen molar-refractivity contribution in [1.82, 2.24) is 15.5 Å². The lowest BCUT2D eigenvalue weighted by atomic mass is 10.0. The van der Waals surface area contributed by atoms with Gasteiger partial charge in [-0.05, 0) is 23.8 Å². The van der Waals surface area contributed by atoms with E-state index in [4.69, 9.17) is 14.2 Å². The Morgan fingerprint density at radius 3 is 2.44 bits per heavy atom. The van der Waals surface area contributed by atoms with E-state index in [-0.39, 0.29) is 35.8 Å². The number of nitrogens with one attached hydrogen (secondary N) is 2. The van der Waals surface area contributed by atoms with E-state index in [9.17, 15) is 4.39 Å². The summed E-state index contributed by atoms with van der Waals surface area (Å²) in [5, 5.41) is 6.74. The molecule has 1 unspecified atom stereocenters. The summed E-state index contributed by atoms with van der Waals surface area (Å²) in [7, 11) is 4.99. The number of para-hydroxylation sites is 1. The summed E-state index contributed by atoms with van der Waals surface area (Å²) in [6.07, 6.45) is 0. The number of rotatable bonds is 8. The van der Waals surface area contributed by atoms with E-state index in [0.717, 1.165) is 24.2 Å². The predicted molar refractivity (Wildman–Crippen MR) is 135 cm³/mol. The van der Waals surface area contributed by atoms with Gasteiger partial charge in [0.2, 0.25) is 0 Å². The van der Waals surface area contributed by atoms with E-state index >= 15 is 0 Å². The minimum atomic E-state index is -0.234. The highest BCUT2D eigenvalue weighted by atomic mass is 127. The second-order valence-electron chi connectivity index (χ2n) is 7.18. The Bertz CT molecular complexity index is 861. The van der Waals surface area contributed by atoms with Crippen LogP contribution in [0.2, 0.25) is 0 Å². The molecule has 7 nitrogen and oxygen atoms in total. The molecule has 1 aliphatic rings. The summed E-state index contributed by atoms with van der Waals surface area (Å²) in [6.45, 7) is 4.20. The van der Waals surface area contributed by atoms with Gasteiger partial charge in [-0.25, -0.2) is 4.39 Å². The number of morpholine rings is 1. The van der Waals surface area contributed by atoms with Gasteiger partial charge in [0.25, 0.3) is 0 Å². The molecule has 1 fully saturated rings. The fraction of sp³-hybridized carbons (Fsp3) is 0.435. The molecular weight excluding hydrogens is 526 g/mol. The Balaban J connectivity index is 0.00000363. The Morgan fingerprint density at radius 2 is 1.81 bits per heavy atom. The van der Waals surface area contributed by atoms with Gasteiger partial charge in [-0.2, -0.15) is 0 Å². The van der Waals surface area contributed by atoms with Gasteiger partial charge in [-0.15, -0.1) is 24.0 Å². The molecule has 0 aromatic heterocycles. The van der Waals surface area contributed by atoms with Crippen molar-refractivity contribution in [3.05, 3.63) is 59.4 Å². The molecule has 1 atom stereocenters. The van der Waals surface area contributed by atoms with Gasteiger partial charge in [0.15, 0.2) is 17.5 Å². The van der Waals surface area contributed by atoms with Crippen LogP contribution in [0.15, 0.2) is 47.5 Å². The average Bonchev–Trinajstić information content (AvgIpc) is 2.82. The van der Waals surface area contributed by atoms with Gasteiger partial charge in [0.05, 0.1) is 33.5 Å². The Morgan fingerprint density at radius 1 is 1.09 bits per heavy atom. The molecule has 2 N–H and O–H groups in total. The van der Waals surface area contributed by atoms with Gasteiger partial charge < -0.3 is 24.8 Å². The molecule has 9 heteroatoms. The van der Waals surface area contributed by atoms with Crippen molar-refractivity contribution in [2.75, 3.05) is 54.1 Å². The third-order valence-electron chi connectivity index (χ3n) is 5.36. The third-order valence-corrected chi connectivity index (χ3v) is 5.36. The lowest BCUT2D eigenvalue weighted by Crippen LogP contribution is -2.46. The van der Waals surface area contributed by atoms with Crippen molar-refractivity contribution in [2.45, 2.75) is 12.6 Å². The zero-order valence-corrected chi connectivity index (χ0v) is 21.1. The summed E-state index contributed by atoms with van der Waals surface area (Å²) >= 11 is 0. The van der Waals surface area contributed by atoms with Crippen LogP contribution in [0, 0.1) is 5.82 Å². The first-order valence-corrected chi connectivity index (χ1v) is 10.4. The number of hydrogen-bond acceptors (Lipinski definition) is 5. The SMILES string of the molecule is CN=C(NCc1cccc(OC)c1OC)NCC(c1ccc(F)cc1)N1CCOCC1.I. The first-order chi connectivity index (χ1) is 15.2. The van der Waals surface area contributed by atoms with E-state index in [1.54, 1.807) is 21.3 Å². The Labute approximate surface area is 206 Å². The molecule has 0 bridgehead atoms. The number of ether oxygens (including phenoxy) is 3. The molecule has 3 rings (SSSR count). The fourth-order valence-corrected chi connectivity index (χ4v) is 3.72. The van der Waals surface area contributed by atoms with Gasteiger partial charge in [-0.1, -0.05) is 24.3 Å². The van der Waals surface area contributed by atoms with Crippen molar-refractivity contribution >= 4 is 29.9 Å². The predicted octanol–water partition coefficient (Wildman–Crippen LogP) is 3.20. The number of halogens is 2. The zero-order chi connectivity index (χ0) is 22.1. The van der Waals surface area contributed by atoms with Crippen molar-refractivity contribution in [2.24, 2.45) is 4.99 Å². The molecular formula is C23H32FIN4O3. The minimum Gasteiger partial charge on any atom is -0.493 e. The first kappa shape index (κ1) is 26.1. The molecule has 0 radical (unpaired) electrons. The van der Waals surface area contributed by atoms with Crippen molar-refractivity contribution in [1.29, 1.82) is 0 Å². The monoisotopic (exact) mass is 558 g/mol. The van der Waals surface area contributed by atoms with E-state index in [2.05, 4.69) is 20.5 Å². The minimum absolute atomic E-state index is 0. The second kappa shape index (κ2) is 13.4. The number of nitrogens with zero attached hydrogens (tertiary/aromatic N) is 2. The summed E-state index contributed by atoms with van der Waals surface area (Å²) in [5.41, 5.74) is 2.02. The van der Waals surface area contributed by atoms with Crippen LogP contribution >= 0.6 is 24.0 Å². The number of aliphatic imine (C=N–C) groups is 1. The molecule has 2 aromatic carbocycles. The van der Waals surface area contributed by atoms with E-state index in [1.807, 2.05) is 30.3 Å². The van der Waals surface area contributed by atoms with E-state index in [1.165, 1.54) is 12.1 Å². The molecule has 0 aliphatic carbocycles. The van der Waals surface area contributed by atoms with E-state index < -0.39 is 0 Å². The topological polar surface area (TPSA) is 67.4 Å². The van der Waals surface area contributed by atoms with Crippen molar-refractivity contribution in [3.8, 4) is 11.5 Å². The number of methoxy groups -OCH3 is 2. The maximum atomic E-state index is 13.4. The van der Waals surface area contributed by atoms with Crippen molar-refractivity contribution < 1.29 is 18.6 Å². The first-order valence-electron chi connectivity index (χ1n) is 10.4. The average molecular weight is 558 g/mol. The van der Waals surface area contributed by atoms with Crippen molar-refractivity contribution in [3.63, 3.8) is 0 Å². The number of guanidine groups is 1. The summed E-state index contributed by atoms with van der Waals surface area (Å²) in [4.78, 5) is 6.69. The van der Waals surface area contributed by atoms with Crippen LogP contribution in [0.3, 0.4) is 0 Å². The lowest BCUT2D eigenvalue weighted by Gasteiger charge is -2.35. The van der Waals surface area contributed by atoms with Gasteiger partial charge in [-0.3, -0.25) is 9.89 Å². The van der Waals surface area contributed by atoms with Gasteiger partial charge >= 0.3 is 0 Å². The largest absolute Gasteiger partial charge is 0.493 e. The summed E-state index contributed by atoms with van der Waals surface area (Å²) in [5.74, 6) is 1.83. The Hall–Kier alpha value is -2.11. The highest BCUT2D eigenvalue weighted by Crippen LogP contribution is 2.30. The summed E-state index contributed by atoms with van der Waals surface area (Å²) in [6, 6.07) is 12.5. The van der Waals surface area contributed by atoms with Crippen LogP contribution < -0.4 is 20.1 Å². The van der Waals surface area contributed by atoms with E-state index in [0.29, 0.717) is 43.8 Å². The normalized spacial score (nSPS) is 15.4. The second-order valence-corrected chi connectivity index (χ2v) is 7.18. The molecule has 176 valence electrons.